The maximum Gasteiger partial charge on any atom is 0.201 e. The Balaban J connectivity index is 2.35. The van der Waals surface area contributed by atoms with Crippen LogP contribution in [0.4, 0.5) is 5.95 Å². The first-order valence-corrected chi connectivity index (χ1v) is 7.93. The molecule has 0 bridgehead atoms. The van der Waals surface area contributed by atoms with Crippen LogP contribution in [-0.2, 0) is 6.54 Å². The number of hydrogen-bond acceptors (Lipinski definition) is 4. The third kappa shape index (κ3) is 3.15. The van der Waals surface area contributed by atoms with Gasteiger partial charge in [-0.05, 0) is 44.4 Å². The molecule has 4 nitrogen and oxygen atoms in total. The van der Waals surface area contributed by atoms with Crippen molar-refractivity contribution in [3.05, 3.63) is 18.2 Å². The van der Waals surface area contributed by atoms with Gasteiger partial charge in [-0.15, -0.1) is 0 Å². The monoisotopic (exact) mass is 279 g/mol. The van der Waals surface area contributed by atoms with E-state index in [1.165, 1.54) is 0 Å². The summed E-state index contributed by atoms with van der Waals surface area (Å²) in [4.78, 5) is 4.45. The summed E-state index contributed by atoms with van der Waals surface area (Å²) in [6, 6.07) is 5.98. The van der Waals surface area contributed by atoms with Gasteiger partial charge in [-0.3, -0.25) is 0 Å². The van der Waals surface area contributed by atoms with Crippen molar-refractivity contribution >= 4 is 28.7 Å². The summed E-state index contributed by atoms with van der Waals surface area (Å²) in [5, 5.41) is 0. The number of aromatic nitrogens is 2. The Morgan fingerprint density at radius 2 is 2.21 bits per heavy atom. The maximum atomic E-state index is 6.02. The van der Waals surface area contributed by atoms with Crippen molar-refractivity contribution < 1.29 is 4.74 Å². The number of nitrogens with two attached hydrogens (primary N) is 1. The number of imidazole rings is 1. The van der Waals surface area contributed by atoms with Crippen LogP contribution in [-0.4, -0.2) is 27.7 Å². The van der Waals surface area contributed by atoms with E-state index in [9.17, 15) is 0 Å². The molecule has 0 saturated carbocycles. The molecule has 0 aliphatic carbocycles. The average Bonchev–Trinajstić information content (AvgIpc) is 2.67. The molecule has 0 amide bonds. The first kappa shape index (κ1) is 14.1. The lowest BCUT2D eigenvalue weighted by molar-refractivity contribution is 0.245. The number of benzene rings is 1. The Kier molecular flexibility index (Phi) is 4.58. The third-order valence-corrected chi connectivity index (χ3v) is 3.56. The van der Waals surface area contributed by atoms with Gasteiger partial charge in [0.15, 0.2) is 0 Å². The van der Waals surface area contributed by atoms with E-state index < -0.39 is 0 Å². The van der Waals surface area contributed by atoms with E-state index in [0.717, 1.165) is 35.5 Å². The second kappa shape index (κ2) is 6.19. The van der Waals surface area contributed by atoms with Crippen molar-refractivity contribution in [3.63, 3.8) is 0 Å². The minimum absolute atomic E-state index is 0.133. The standard InChI is InChI=1S/C14H21N3OS/c1-10(2)18-12-7-4-6-11-13(12)16-14(15)17(11)8-5-9-19-3/h4,6-7,10H,5,8-9H2,1-3H3,(H2,15,16). The van der Waals surface area contributed by atoms with Gasteiger partial charge in [0, 0.05) is 6.54 Å². The number of nitrogens with zero attached hydrogens (tertiary/aromatic N) is 2. The van der Waals surface area contributed by atoms with E-state index in [4.69, 9.17) is 10.5 Å². The lowest BCUT2D eigenvalue weighted by atomic mass is 10.3. The fourth-order valence-corrected chi connectivity index (χ4v) is 2.51. The second-order valence-electron chi connectivity index (χ2n) is 4.76. The maximum absolute atomic E-state index is 6.02. The molecular weight excluding hydrogens is 258 g/mol. The van der Waals surface area contributed by atoms with Gasteiger partial charge >= 0.3 is 0 Å². The first-order valence-electron chi connectivity index (χ1n) is 6.53. The fourth-order valence-electron chi connectivity index (χ4n) is 2.09. The molecule has 1 aromatic heterocycles. The molecular formula is C14H21N3OS. The number of para-hydroxylation sites is 1. The molecule has 0 aliphatic heterocycles. The van der Waals surface area contributed by atoms with E-state index in [1.54, 1.807) is 0 Å². The molecule has 1 aromatic carbocycles. The van der Waals surface area contributed by atoms with Crippen LogP contribution >= 0.6 is 11.8 Å². The quantitative estimate of drug-likeness (QED) is 0.825. The van der Waals surface area contributed by atoms with E-state index >= 15 is 0 Å². The van der Waals surface area contributed by atoms with Crippen molar-refractivity contribution in [1.82, 2.24) is 9.55 Å². The highest BCUT2D eigenvalue weighted by atomic mass is 32.2. The van der Waals surface area contributed by atoms with Crippen LogP contribution in [0.2, 0.25) is 0 Å². The van der Waals surface area contributed by atoms with Crippen LogP contribution in [0, 0.1) is 0 Å². The zero-order valence-corrected chi connectivity index (χ0v) is 12.5. The molecule has 19 heavy (non-hydrogen) atoms. The van der Waals surface area contributed by atoms with Crippen LogP contribution in [0.25, 0.3) is 11.0 Å². The minimum atomic E-state index is 0.133. The Morgan fingerprint density at radius 3 is 2.89 bits per heavy atom. The number of thioether (sulfide) groups is 1. The van der Waals surface area contributed by atoms with Gasteiger partial charge in [0.1, 0.15) is 11.3 Å². The summed E-state index contributed by atoms with van der Waals surface area (Å²) >= 11 is 1.85. The van der Waals surface area contributed by atoms with Crippen LogP contribution in [0.1, 0.15) is 20.3 Å². The number of fused-ring (bicyclic) bond motifs is 1. The lowest BCUT2D eigenvalue weighted by Crippen LogP contribution is -2.06. The number of anilines is 1. The van der Waals surface area contributed by atoms with Gasteiger partial charge in [-0.1, -0.05) is 6.07 Å². The third-order valence-electron chi connectivity index (χ3n) is 2.86. The highest BCUT2D eigenvalue weighted by molar-refractivity contribution is 7.98. The highest BCUT2D eigenvalue weighted by Gasteiger charge is 2.12. The van der Waals surface area contributed by atoms with Crippen molar-refractivity contribution in [2.75, 3.05) is 17.7 Å². The largest absolute Gasteiger partial charge is 0.489 e. The molecule has 0 radical (unpaired) electrons. The topological polar surface area (TPSA) is 53.1 Å². The van der Waals surface area contributed by atoms with Crippen molar-refractivity contribution in [3.8, 4) is 5.75 Å². The molecule has 104 valence electrons. The molecule has 0 aliphatic rings. The number of rotatable bonds is 6. The van der Waals surface area contributed by atoms with Gasteiger partial charge in [0.25, 0.3) is 0 Å². The summed E-state index contributed by atoms with van der Waals surface area (Å²) in [6.45, 7) is 4.92. The zero-order chi connectivity index (χ0) is 13.8. The van der Waals surface area contributed by atoms with Crippen molar-refractivity contribution in [2.24, 2.45) is 0 Å². The van der Waals surface area contributed by atoms with Crippen LogP contribution in [0.5, 0.6) is 5.75 Å². The number of nitrogen functional groups attached to an aromatic ring is 1. The van der Waals surface area contributed by atoms with E-state index in [-0.39, 0.29) is 6.10 Å². The minimum Gasteiger partial charge on any atom is -0.489 e. The summed E-state index contributed by atoms with van der Waals surface area (Å²) in [5.41, 5.74) is 7.94. The Morgan fingerprint density at radius 1 is 1.42 bits per heavy atom. The Hall–Kier alpha value is -1.36. The SMILES string of the molecule is CSCCCn1c(N)nc2c(OC(C)C)cccc21. The predicted octanol–water partition coefficient (Wildman–Crippen LogP) is 3.16. The molecule has 2 rings (SSSR count). The van der Waals surface area contributed by atoms with Crippen molar-refractivity contribution in [1.29, 1.82) is 0 Å². The molecule has 1 heterocycles. The van der Waals surface area contributed by atoms with Gasteiger partial charge in [-0.2, -0.15) is 11.8 Å². The number of ether oxygens (including phenoxy) is 1. The smallest absolute Gasteiger partial charge is 0.201 e. The predicted molar refractivity (Wildman–Crippen MR) is 82.9 cm³/mol. The van der Waals surface area contributed by atoms with Crippen molar-refractivity contribution in [2.45, 2.75) is 32.9 Å². The molecule has 0 spiro atoms. The number of aryl methyl sites for hydroxylation is 1. The lowest BCUT2D eigenvalue weighted by Gasteiger charge is -2.10. The van der Waals surface area contributed by atoms with Crippen LogP contribution in [0.3, 0.4) is 0 Å². The molecule has 5 heteroatoms. The van der Waals surface area contributed by atoms with Gasteiger partial charge in [-0.25, -0.2) is 4.98 Å². The summed E-state index contributed by atoms with van der Waals surface area (Å²) in [7, 11) is 0. The number of hydrogen-bond donors (Lipinski definition) is 1. The van der Waals surface area contributed by atoms with Gasteiger partial charge in [0.05, 0.1) is 11.6 Å². The summed E-state index contributed by atoms with van der Waals surface area (Å²) in [5.74, 6) is 2.50. The van der Waals surface area contributed by atoms with Gasteiger partial charge in [0.2, 0.25) is 5.95 Å². The van der Waals surface area contributed by atoms with Gasteiger partial charge < -0.3 is 15.0 Å². The molecule has 0 saturated heterocycles. The molecule has 2 N–H and O–H groups in total. The molecule has 0 unspecified atom stereocenters. The molecule has 0 fully saturated rings. The fraction of sp³-hybridized carbons (Fsp3) is 0.500. The first-order chi connectivity index (χ1) is 9.13. The summed E-state index contributed by atoms with van der Waals surface area (Å²) < 4.78 is 7.85. The average molecular weight is 279 g/mol. The van der Waals surface area contributed by atoms with Crippen LogP contribution in [0.15, 0.2) is 18.2 Å². The molecule has 2 aromatic rings. The second-order valence-corrected chi connectivity index (χ2v) is 5.74. The zero-order valence-electron chi connectivity index (χ0n) is 11.7. The van der Waals surface area contributed by atoms with E-state index in [2.05, 4.69) is 15.8 Å². The van der Waals surface area contributed by atoms with E-state index in [1.807, 2.05) is 43.8 Å². The Bertz CT molecular complexity index is 551. The van der Waals surface area contributed by atoms with Crippen LogP contribution < -0.4 is 10.5 Å². The Labute approximate surface area is 118 Å². The normalized spacial score (nSPS) is 11.4. The highest BCUT2D eigenvalue weighted by Crippen LogP contribution is 2.28. The summed E-state index contributed by atoms with van der Waals surface area (Å²) in [6.07, 6.45) is 3.34. The van der Waals surface area contributed by atoms with E-state index in [0.29, 0.717) is 5.95 Å². The molecule has 0 atom stereocenters.